The molecule has 3 aromatic rings. The van der Waals surface area contributed by atoms with E-state index in [9.17, 15) is 0 Å². The normalized spacial score (nSPS) is 9.86. The van der Waals surface area contributed by atoms with Crippen LogP contribution in [-0.4, -0.2) is 9.97 Å². The molecule has 0 saturated heterocycles. The number of benzene rings is 2. The summed E-state index contributed by atoms with van der Waals surface area (Å²) < 4.78 is 0. The molecule has 0 bridgehead atoms. The average molecular weight is 280 g/mol. The smallest absolute Gasteiger partial charge is 0.229 e. The number of aryl methyl sites for hydroxylation is 1. The highest BCUT2D eigenvalue weighted by atomic mass is 15.1. The summed E-state index contributed by atoms with van der Waals surface area (Å²) in [4.78, 5) is 8.73. The second kappa shape index (κ2) is 6.70. The van der Waals surface area contributed by atoms with Crippen molar-refractivity contribution in [2.75, 3.05) is 11.1 Å². The second-order valence-electron chi connectivity index (χ2n) is 4.44. The lowest BCUT2D eigenvalue weighted by atomic mass is 10.2. The number of rotatable bonds is 2. The molecule has 1 heterocycles. The molecule has 1 aromatic heterocycles. The third kappa shape index (κ3) is 3.48. The number of anilines is 3. The van der Waals surface area contributed by atoms with Gasteiger partial charge in [0.25, 0.3) is 0 Å². The lowest BCUT2D eigenvalue weighted by Crippen LogP contribution is -2.01. The summed E-state index contributed by atoms with van der Waals surface area (Å²) in [6.07, 6.45) is 0. The molecular weight excluding hydrogens is 260 g/mol. The van der Waals surface area contributed by atoms with Gasteiger partial charge < -0.3 is 11.1 Å². The van der Waals surface area contributed by atoms with Crippen LogP contribution in [0.25, 0.3) is 10.9 Å². The third-order valence-corrected chi connectivity index (χ3v) is 2.94. The summed E-state index contributed by atoms with van der Waals surface area (Å²) in [5.41, 5.74) is 8.94. The molecule has 0 aliphatic rings. The van der Waals surface area contributed by atoms with E-state index in [4.69, 9.17) is 5.73 Å². The molecule has 0 radical (unpaired) electrons. The van der Waals surface area contributed by atoms with Gasteiger partial charge in [-0.2, -0.15) is 4.98 Å². The van der Waals surface area contributed by atoms with Crippen molar-refractivity contribution in [3.8, 4) is 0 Å². The molecular formula is C17H20N4. The van der Waals surface area contributed by atoms with E-state index in [1.165, 1.54) is 5.56 Å². The molecule has 0 atom stereocenters. The Morgan fingerprint density at radius 1 is 0.905 bits per heavy atom. The first-order chi connectivity index (χ1) is 10.2. The molecule has 0 spiro atoms. The highest BCUT2D eigenvalue weighted by Crippen LogP contribution is 2.21. The third-order valence-electron chi connectivity index (χ3n) is 2.94. The Bertz CT molecular complexity index is 720. The van der Waals surface area contributed by atoms with Crippen molar-refractivity contribution < 1.29 is 0 Å². The minimum atomic E-state index is 0.486. The van der Waals surface area contributed by atoms with Gasteiger partial charge in [-0.1, -0.05) is 43.7 Å². The second-order valence-corrected chi connectivity index (χ2v) is 4.44. The van der Waals surface area contributed by atoms with E-state index < -0.39 is 0 Å². The van der Waals surface area contributed by atoms with Crippen molar-refractivity contribution in [3.05, 3.63) is 54.1 Å². The Balaban J connectivity index is 0.000000774. The number of fused-ring (bicyclic) bond motifs is 1. The van der Waals surface area contributed by atoms with Crippen LogP contribution in [0.4, 0.5) is 17.5 Å². The van der Waals surface area contributed by atoms with Crippen molar-refractivity contribution in [3.63, 3.8) is 0 Å². The number of nitrogens with zero attached hydrogens (tertiary/aromatic N) is 2. The molecule has 108 valence electrons. The van der Waals surface area contributed by atoms with E-state index in [2.05, 4.69) is 15.3 Å². The topological polar surface area (TPSA) is 63.8 Å². The highest BCUT2D eigenvalue weighted by Gasteiger charge is 2.04. The summed E-state index contributed by atoms with van der Waals surface area (Å²) in [5, 5.41) is 4.03. The van der Waals surface area contributed by atoms with Gasteiger partial charge in [-0.3, -0.25) is 0 Å². The lowest BCUT2D eigenvalue weighted by Gasteiger charge is -2.07. The first-order valence-electron chi connectivity index (χ1n) is 7.08. The van der Waals surface area contributed by atoms with Gasteiger partial charge in [-0.25, -0.2) is 4.98 Å². The van der Waals surface area contributed by atoms with Gasteiger partial charge in [0, 0.05) is 11.1 Å². The number of nitrogens with one attached hydrogen (secondary N) is 1. The molecule has 3 N–H and O–H groups in total. The molecule has 0 unspecified atom stereocenters. The van der Waals surface area contributed by atoms with Crippen LogP contribution in [0.5, 0.6) is 0 Å². The number of para-hydroxylation sites is 1. The van der Waals surface area contributed by atoms with Gasteiger partial charge >= 0.3 is 0 Å². The van der Waals surface area contributed by atoms with E-state index in [1.54, 1.807) is 0 Å². The quantitative estimate of drug-likeness (QED) is 0.735. The standard InChI is InChI=1S/C15H14N4.C2H6/c1-10-6-8-11(9-7-10)17-15-18-13-5-3-2-4-12(13)14(16)19-15;1-2/h2-9H,1H3,(H3,16,17,18,19);1-2H3. The fourth-order valence-corrected chi connectivity index (χ4v) is 1.92. The van der Waals surface area contributed by atoms with Crippen LogP contribution in [0.3, 0.4) is 0 Å². The van der Waals surface area contributed by atoms with Crippen LogP contribution < -0.4 is 11.1 Å². The molecule has 3 rings (SSSR count). The van der Waals surface area contributed by atoms with Crippen LogP contribution in [-0.2, 0) is 0 Å². The molecule has 0 amide bonds. The largest absolute Gasteiger partial charge is 0.383 e. The molecule has 0 saturated carbocycles. The highest BCUT2D eigenvalue weighted by molar-refractivity contribution is 5.89. The minimum absolute atomic E-state index is 0.486. The van der Waals surface area contributed by atoms with E-state index in [1.807, 2.05) is 69.3 Å². The van der Waals surface area contributed by atoms with Crippen molar-refractivity contribution in [1.29, 1.82) is 0 Å². The SMILES string of the molecule is CC.Cc1ccc(Nc2nc(N)c3ccccc3n2)cc1. The van der Waals surface area contributed by atoms with Gasteiger partial charge in [0.05, 0.1) is 5.52 Å². The number of hydrogen-bond acceptors (Lipinski definition) is 4. The predicted octanol–water partition coefficient (Wildman–Crippen LogP) is 4.29. The maximum Gasteiger partial charge on any atom is 0.229 e. The van der Waals surface area contributed by atoms with Crippen LogP contribution in [0.15, 0.2) is 48.5 Å². The van der Waals surface area contributed by atoms with Gasteiger partial charge in [-0.05, 0) is 31.2 Å². The van der Waals surface area contributed by atoms with Gasteiger partial charge in [-0.15, -0.1) is 0 Å². The zero-order chi connectivity index (χ0) is 15.2. The summed E-state index contributed by atoms with van der Waals surface area (Å²) in [6, 6.07) is 15.8. The number of aromatic nitrogens is 2. The summed E-state index contributed by atoms with van der Waals surface area (Å²) in [5.74, 6) is 1.00. The molecule has 0 aliphatic carbocycles. The Labute approximate surface area is 125 Å². The summed E-state index contributed by atoms with van der Waals surface area (Å²) in [6.45, 7) is 6.05. The maximum absolute atomic E-state index is 5.94. The Morgan fingerprint density at radius 2 is 1.57 bits per heavy atom. The van der Waals surface area contributed by atoms with Crippen LogP contribution in [0, 0.1) is 6.92 Å². The van der Waals surface area contributed by atoms with Crippen LogP contribution >= 0.6 is 0 Å². The zero-order valence-corrected chi connectivity index (χ0v) is 12.6. The molecule has 0 aliphatic heterocycles. The lowest BCUT2D eigenvalue weighted by molar-refractivity contribution is 1.22. The van der Waals surface area contributed by atoms with Gasteiger partial charge in [0.2, 0.25) is 5.95 Å². The van der Waals surface area contributed by atoms with E-state index >= 15 is 0 Å². The Hall–Kier alpha value is -2.62. The molecule has 4 heteroatoms. The predicted molar refractivity (Wildman–Crippen MR) is 89.8 cm³/mol. The first-order valence-corrected chi connectivity index (χ1v) is 7.08. The van der Waals surface area contributed by atoms with E-state index in [0.717, 1.165) is 16.6 Å². The van der Waals surface area contributed by atoms with Crippen molar-refractivity contribution in [2.45, 2.75) is 20.8 Å². The zero-order valence-electron chi connectivity index (χ0n) is 12.6. The number of nitrogens with two attached hydrogens (primary N) is 1. The molecule has 0 fully saturated rings. The molecule has 4 nitrogen and oxygen atoms in total. The van der Waals surface area contributed by atoms with Crippen molar-refractivity contribution in [1.82, 2.24) is 9.97 Å². The number of nitrogen functional groups attached to an aromatic ring is 1. The Morgan fingerprint density at radius 3 is 2.29 bits per heavy atom. The molecule has 2 aromatic carbocycles. The number of hydrogen-bond donors (Lipinski definition) is 2. The van der Waals surface area contributed by atoms with E-state index in [0.29, 0.717) is 11.8 Å². The summed E-state index contributed by atoms with van der Waals surface area (Å²) >= 11 is 0. The minimum Gasteiger partial charge on any atom is -0.383 e. The van der Waals surface area contributed by atoms with Crippen molar-refractivity contribution >= 4 is 28.4 Å². The molecule has 21 heavy (non-hydrogen) atoms. The Kier molecular flexibility index (Phi) is 4.72. The fraction of sp³-hybridized carbons (Fsp3) is 0.176. The van der Waals surface area contributed by atoms with E-state index in [-0.39, 0.29) is 0 Å². The van der Waals surface area contributed by atoms with Crippen molar-refractivity contribution in [2.24, 2.45) is 0 Å². The van der Waals surface area contributed by atoms with Crippen LogP contribution in [0.2, 0.25) is 0 Å². The maximum atomic E-state index is 5.94. The van der Waals surface area contributed by atoms with Crippen LogP contribution in [0.1, 0.15) is 19.4 Å². The average Bonchev–Trinajstić information content (AvgIpc) is 2.52. The summed E-state index contributed by atoms with van der Waals surface area (Å²) in [7, 11) is 0. The van der Waals surface area contributed by atoms with Gasteiger partial charge in [0.15, 0.2) is 0 Å². The van der Waals surface area contributed by atoms with Gasteiger partial charge in [0.1, 0.15) is 5.82 Å². The monoisotopic (exact) mass is 280 g/mol. The fourth-order valence-electron chi connectivity index (χ4n) is 1.92. The first kappa shape index (κ1) is 14.8.